The van der Waals surface area contributed by atoms with E-state index in [1.165, 1.54) is 0 Å². The molecule has 0 N–H and O–H groups in total. The van der Waals surface area contributed by atoms with Gasteiger partial charge in [-0.15, -0.1) is 0 Å². The van der Waals surface area contributed by atoms with Gasteiger partial charge in [-0.3, -0.25) is 0 Å². The number of hydrogen-bond donors (Lipinski definition) is 0. The SMILES string of the molecule is C=C(C)C(=O)OCCC[Si](O[Si](CCCOC(=O)C(=C)C)([Si](C)(C)O[Si](C)(C)C)[Si](C)(C)O[Si](C)(C)C)([Si](C)(C)O[Si](C)(C)C)[Si](C)(C)O[Si](C)(C)C. The fraction of sp³-hybridized carbons (Fsp3) is 0.824. The zero-order valence-electron chi connectivity index (χ0n) is 38.3. The van der Waals surface area contributed by atoms with Crippen LogP contribution in [0.5, 0.6) is 0 Å². The van der Waals surface area contributed by atoms with E-state index >= 15 is 0 Å². The fourth-order valence-corrected chi connectivity index (χ4v) is 134. The first-order valence-electron chi connectivity index (χ1n) is 19.3. The van der Waals surface area contributed by atoms with Gasteiger partial charge in [0.1, 0.15) is 0 Å². The predicted molar refractivity (Wildman–Crippen MR) is 251 cm³/mol. The molecule has 0 aliphatic rings. The van der Waals surface area contributed by atoms with Crippen molar-refractivity contribution in [1.82, 2.24) is 0 Å². The Hall–Kier alpha value is 0.389. The summed E-state index contributed by atoms with van der Waals surface area (Å²) in [6.07, 6.45) is 1.30. The van der Waals surface area contributed by atoms with Gasteiger partial charge in [-0.05, 0) is 170 Å². The first kappa shape index (κ1) is 53.4. The van der Waals surface area contributed by atoms with Crippen LogP contribution in [0.2, 0.25) is 143 Å². The fourth-order valence-electron chi connectivity index (χ4n) is 8.16. The molecule has 0 saturated carbocycles. The molecular weight excluding hydrogens is 833 g/mol. The van der Waals surface area contributed by atoms with Gasteiger partial charge in [-0.25, -0.2) is 9.59 Å². The lowest BCUT2D eigenvalue weighted by molar-refractivity contribution is -0.139. The molecule has 0 amide bonds. The molecule has 0 radical (unpaired) electrons. The molecule has 0 aromatic carbocycles. The molecule has 0 bridgehead atoms. The highest BCUT2D eigenvalue weighted by Crippen LogP contribution is 2.47. The maximum absolute atomic E-state index is 12.6. The van der Waals surface area contributed by atoms with Gasteiger partial charge in [0.25, 0.3) is 0 Å². The van der Waals surface area contributed by atoms with Crippen LogP contribution in [0, 0.1) is 0 Å². The molecule has 0 heterocycles. The van der Waals surface area contributed by atoms with Crippen molar-refractivity contribution in [1.29, 1.82) is 0 Å². The van der Waals surface area contributed by atoms with Crippen LogP contribution in [0.4, 0.5) is 0 Å². The minimum Gasteiger partial charge on any atom is -0.462 e. The monoisotopic (exact) mass is 914 g/mol. The highest BCUT2D eigenvalue weighted by molar-refractivity contribution is 7.72. The van der Waals surface area contributed by atoms with E-state index in [-0.39, 0.29) is 25.2 Å². The topological polar surface area (TPSA) is 98.8 Å². The van der Waals surface area contributed by atoms with Crippen molar-refractivity contribution in [3.8, 4) is 0 Å². The van der Waals surface area contributed by atoms with Gasteiger partial charge in [0, 0.05) is 11.1 Å². The van der Waals surface area contributed by atoms with Gasteiger partial charge in [0.2, 0.25) is 14.7 Å². The summed E-state index contributed by atoms with van der Waals surface area (Å²) in [5, 5.41) is 0. The van der Waals surface area contributed by atoms with Gasteiger partial charge < -0.3 is 30.0 Å². The summed E-state index contributed by atoms with van der Waals surface area (Å²) in [7, 11) is -25.6. The molecule has 0 atom stereocenters. The summed E-state index contributed by atoms with van der Waals surface area (Å²) in [6, 6.07) is 1.52. The van der Waals surface area contributed by atoms with Gasteiger partial charge in [0.05, 0.1) is 13.2 Å². The Morgan fingerprint density at radius 1 is 0.396 bits per heavy atom. The third-order valence-corrected chi connectivity index (χ3v) is 95.0. The lowest BCUT2D eigenvalue weighted by Crippen LogP contribution is -2.89. The van der Waals surface area contributed by atoms with E-state index in [1.54, 1.807) is 13.8 Å². The Morgan fingerprint density at radius 3 is 0.774 bits per heavy atom. The van der Waals surface area contributed by atoms with Crippen LogP contribution in [0.25, 0.3) is 0 Å². The van der Waals surface area contributed by atoms with Gasteiger partial charge in [-0.2, -0.15) is 0 Å². The zero-order valence-corrected chi connectivity index (χ0v) is 48.3. The zero-order chi connectivity index (χ0) is 42.5. The van der Waals surface area contributed by atoms with E-state index < -0.39 is 79.3 Å². The number of rotatable bonds is 24. The minimum atomic E-state index is -3.11. The van der Waals surface area contributed by atoms with Crippen molar-refractivity contribution >= 4 is 91.3 Å². The van der Waals surface area contributed by atoms with Crippen molar-refractivity contribution in [2.45, 2.75) is 170 Å². The molecule has 9 nitrogen and oxygen atoms in total. The van der Waals surface area contributed by atoms with Crippen molar-refractivity contribution in [2.24, 2.45) is 0 Å². The minimum absolute atomic E-state index is 0.280. The van der Waals surface area contributed by atoms with Crippen LogP contribution >= 0.6 is 0 Å². The molecule has 53 heavy (non-hydrogen) atoms. The van der Waals surface area contributed by atoms with Crippen LogP contribution in [-0.2, 0) is 39.6 Å². The largest absolute Gasteiger partial charge is 0.462 e. The molecule has 0 unspecified atom stereocenters. The molecule has 0 fully saturated rings. The maximum Gasteiger partial charge on any atom is 0.333 e. The van der Waals surface area contributed by atoms with E-state index in [0.29, 0.717) is 24.0 Å². The molecule has 0 aliphatic carbocycles. The van der Waals surface area contributed by atoms with Gasteiger partial charge in [-0.1, -0.05) is 13.2 Å². The average molecular weight is 916 g/mol. The number of carbonyl (C=O) groups excluding carboxylic acids is 2. The summed E-state index contributed by atoms with van der Waals surface area (Å²) in [4.78, 5) is 25.2. The second-order valence-electron chi connectivity index (χ2n) is 20.7. The van der Waals surface area contributed by atoms with Crippen LogP contribution < -0.4 is 0 Å². The standard InChI is InChI=1S/C34H82O9Si10/c1-31(2)33(35)37-27-25-29-52(48(17,18)39-44(5,6)7,49(19,20)40-45(8,9)10)43-53(50(21,22)41-46(11,12)13,51(23,24)42-47(14,15)16)30-26-28-38-34(36)32(3)4/h1,3,25-30H2,2,4-24H3. The average Bonchev–Trinajstić information content (AvgIpc) is 2.84. The summed E-state index contributed by atoms with van der Waals surface area (Å²) < 4.78 is 50.5. The summed E-state index contributed by atoms with van der Waals surface area (Å²) in [5.41, 5.74) is 0.786. The predicted octanol–water partition coefficient (Wildman–Crippen LogP) is 10.5. The van der Waals surface area contributed by atoms with E-state index in [4.69, 9.17) is 30.0 Å². The Balaban J connectivity index is 8.51. The van der Waals surface area contributed by atoms with Crippen molar-refractivity contribution in [2.75, 3.05) is 13.2 Å². The lowest BCUT2D eigenvalue weighted by Gasteiger charge is -2.62. The van der Waals surface area contributed by atoms with Crippen LogP contribution in [0.15, 0.2) is 24.3 Å². The molecule has 0 spiro atoms. The second kappa shape index (κ2) is 19.0. The molecule has 0 aromatic rings. The third kappa shape index (κ3) is 16.3. The highest BCUT2D eigenvalue weighted by atomic mass is 29.7. The van der Waals surface area contributed by atoms with E-state index in [9.17, 15) is 9.59 Å². The second-order valence-corrected chi connectivity index (χ2v) is 85.2. The van der Waals surface area contributed by atoms with Crippen molar-refractivity contribution < 1.29 is 39.6 Å². The Kier molecular flexibility index (Phi) is 19.1. The number of carbonyl (C=O) groups is 2. The summed E-state index contributed by atoms with van der Waals surface area (Å²) in [6.45, 7) is 58.1. The normalized spacial score (nSPS) is 14.6. The van der Waals surface area contributed by atoms with Gasteiger partial charge >= 0.3 is 11.9 Å². The van der Waals surface area contributed by atoms with Crippen LogP contribution in [-0.4, -0.2) is 104 Å². The van der Waals surface area contributed by atoms with Crippen LogP contribution in [0.3, 0.4) is 0 Å². The quantitative estimate of drug-likeness (QED) is 0.0406. The number of hydrogen-bond acceptors (Lipinski definition) is 9. The summed E-state index contributed by atoms with van der Waals surface area (Å²) >= 11 is 0. The molecule has 0 saturated heterocycles. The van der Waals surface area contributed by atoms with Gasteiger partial charge in [0.15, 0.2) is 64.6 Å². The molecule has 0 rings (SSSR count). The molecule has 19 heteroatoms. The highest BCUT2D eigenvalue weighted by Gasteiger charge is 2.73. The molecule has 0 aliphatic heterocycles. The summed E-state index contributed by atoms with van der Waals surface area (Å²) in [5.74, 6) is -0.741. The first-order valence-corrected chi connectivity index (χ1v) is 52.8. The van der Waals surface area contributed by atoms with E-state index in [2.05, 4.69) is 144 Å². The van der Waals surface area contributed by atoms with Crippen LogP contribution in [0.1, 0.15) is 26.7 Å². The number of ether oxygens (including phenoxy) is 2. The van der Waals surface area contributed by atoms with Crippen molar-refractivity contribution in [3.63, 3.8) is 0 Å². The van der Waals surface area contributed by atoms with E-state index in [1.807, 2.05) is 0 Å². The maximum atomic E-state index is 12.6. The number of esters is 2. The lowest BCUT2D eigenvalue weighted by atomic mass is 10.4. The molecule has 0 aromatic heterocycles. The third-order valence-electron chi connectivity index (χ3n) is 8.99. The Labute approximate surface area is 336 Å². The Bertz CT molecular complexity index is 1120. The smallest absolute Gasteiger partial charge is 0.333 e. The van der Waals surface area contributed by atoms with Crippen molar-refractivity contribution in [3.05, 3.63) is 24.3 Å². The first-order chi connectivity index (χ1) is 23.2. The molecular formula is C34H82O9Si10. The molecule has 312 valence electrons. The van der Waals surface area contributed by atoms with E-state index in [0.717, 1.165) is 12.1 Å². The Morgan fingerprint density at radius 2 is 0.604 bits per heavy atom.